The first kappa shape index (κ1) is 9.65. The molecule has 0 heterocycles. The highest BCUT2D eigenvalue weighted by Crippen LogP contribution is 2.06. The summed E-state index contributed by atoms with van der Waals surface area (Å²) in [7, 11) is 1.82. The minimum Gasteiger partial charge on any atom is -0.412 e. The van der Waals surface area contributed by atoms with Crippen molar-refractivity contribution < 1.29 is 0 Å². The molecule has 0 aliphatic rings. The fraction of sp³-hybridized carbons (Fsp3) is 0. The number of hydrogen-bond donors (Lipinski definition) is 2. The second-order valence-corrected chi connectivity index (χ2v) is 3.17. The Kier molecular flexibility index (Phi) is 3.28. The smallest absolute Gasteiger partial charge is 0.385 e. The van der Waals surface area contributed by atoms with Gasteiger partial charge in [0, 0.05) is 11.4 Å². The van der Waals surface area contributed by atoms with Gasteiger partial charge in [0.25, 0.3) is 0 Å². The van der Waals surface area contributed by atoms with Gasteiger partial charge in [-0.05, 0) is 24.3 Å². The maximum absolute atomic E-state index is 3.16. The van der Waals surface area contributed by atoms with Crippen LogP contribution in [0, 0.1) is 0 Å². The lowest BCUT2D eigenvalue weighted by molar-refractivity contribution is 1.63. The molecule has 0 amide bonds. The predicted molar refractivity (Wildman–Crippen MR) is 65.9 cm³/mol. The Morgan fingerprint density at radius 3 is 1.40 bits per heavy atom. The topological polar surface area (TPSA) is 24.1 Å². The van der Waals surface area contributed by atoms with Crippen molar-refractivity contribution in [1.82, 2.24) is 0 Å². The Balaban J connectivity index is 1.81. The number of benzene rings is 2. The largest absolute Gasteiger partial charge is 0.412 e. The molecule has 0 unspecified atom stereocenters. The Hall–Kier alpha value is -1.90. The van der Waals surface area contributed by atoms with Crippen molar-refractivity contribution in [2.24, 2.45) is 0 Å². The first-order valence-corrected chi connectivity index (χ1v) is 4.90. The van der Waals surface area contributed by atoms with Gasteiger partial charge in [-0.2, -0.15) is 0 Å². The molecule has 0 bridgehead atoms. The third-order valence-electron chi connectivity index (χ3n) is 2.03. The molecule has 3 heteroatoms. The van der Waals surface area contributed by atoms with Crippen LogP contribution in [0.15, 0.2) is 60.7 Å². The molecular formula is C12H12BN2. The quantitative estimate of drug-likeness (QED) is 0.733. The molecule has 0 saturated carbocycles. The molecule has 15 heavy (non-hydrogen) atoms. The monoisotopic (exact) mass is 195 g/mol. The minimum absolute atomic E-state index is 1.07. The molecule has 2 N–H and O–H groups in total. The highest BCUT2D eigenvalue weighted by Gasteiger charge is 1.93. The van der Waals surface area contributed by atoms with E-state index in [9.17, 15) is 0 Å². The van der Waals surface area contributed by atoms with Gasteiger partial charge in [-0.25, -0.2) is 0 Å². The molecule has 0 atom stereocenters. The number of hydrogen-bond acceptors (Lipinski definition) is 2. The summed E-state index contributed by atoms with van der Waals surface area (Å²) < 4.78 is 0. The average Bonchev–Trinajstić information content (AvgIpc) is 2.32. The number of rotatable bonds is 4. The van der Waals surface area contributed by atoms with Gasteiger partial charge < -0.3 is 10.5 Å². The molecule has 2 nitrogen and oxygen atoms in total. The maximum atomic E-state index is 3.16. The molecule has 73 valence electrons. The van der Waals surface area contributed by atoms with Gasteiger partial charge >= 0.3 is 7.55 Å². The van der Waals surface area contributed by atoms with E-state index in [2.05, 4.69) is 10.5 Å². The lowest BCUT2D eigenvalue weighted by Gasteiger charge is -2.06. The van der Waals surface area contributed by atoms with Crippen LogP contribution in [0.5, 0.6) is 0 Å². The van der Waals surface area contributed by atoms with Crippen molar-refractivity contribution in [3.8, 4) is 0 Å². The van der Waals surface area contributed by atoms with Crippen LogP contribution >= 0.6 is 0 Å². The number of para-hydroxylation sites is 2. The van der Waals surface area contributed by atoms with Crippen molar-refractivity contribution in [2.75, 3.05) is 10.5 Å². The average molecular weight is 195 g/mol. The molecule has 0 aliphatic heterocycles. The molecule has 0 aromatic heterocycles. The van der Waals surface area contributed by atoms with E-state index in [1.54, 1.807) is 0 Å². The SMILES string of the molecule is [B](Nc1ccccc1)Nc1ccccc1. The lowest BCUT2D eigenvalue weighted by atomic mass is 10.1. The second-order valence-electron chi connectivity index (χ2n) is 3.17. The van der Waals surface area contributed by atoms with Crippen molar-refractivity contribution >= 4 is 18.9 Å². The molecule has 0 saturated heterocycles. The summed E-state index contributed by atoms with van der Waals surface area (Å²) in [6, 6.07) is 20.1. The van der Waals surface area contributed by atoms with Crippen LogP contribution in [0.3, 0.4) is 0 Å². The van der Waals surface area contributed by atoms with Gasteiger partial charge in [0.15, 0.2) is 0 Å². The Morgan fingerprint density at radius 1 is 0.600 bits per heavy atom. The van der Waals surface area contributed by atoms with Gasteiger partial charge in [-0.15, -0.1) is 0 Å². The first-order chi connectivity index (χ1) is 7.45. The van der Waals surface area contributed by atoms with Crippen LogP contribution in [0.25, 0.3) is 0 Å². The van der Waals surface area contributed by atoms with Crippen LogP contribution in [0.1, 0.15) is 0 Å². The van der Waals surface area contributed by atoms with Gasteiger partial charge in [-0.1, -0.05) is 36.4 Å². The molecule has 2 rings (SSSR count). The van der Waals surface area contributed by atoms with Crippen LogP contribution in [-0.4, -0.2) is 7.55 Å². The van der Waals surface area contributed by atoms with Crippen LogP contribution in [0.4, 0.5) is 11.4 Å². The fourth-order valence-electron chi connectivity index (χ4n) is 1.27. The number of nitrogens with one attached hydrogen (secondary N) is 2. The molecule has 2 aromatic carbocycles. The van der Waals surface area contributed by atoms with Crippen LogP contribution in [-0.2, 0) is 0 Å². The molecule has 2 aromatic rings. The first-order valence-electron chi connectivity index (χ1n) is 4.90. The maximum Gasteiger partial charge on any atom is 0.385 e. The van der Waals surface area contributed by atoms with Crippen LogP contribution < -0.4 is 10.5 Å². The Bertz CT molecular complexity index is 349. The summed E-state index contributed by atoms with van der Waals surface area (Å²) in [5.74, 6) is 0. The van der Waals surface area contributed by atoms with Gasteiger partial charge in [0.2, 0.25) is 0 Å². The Morgan fingerprint density at radius 2 is 1.00 bits per heavy atom. The standard InChI is InChI=1S/C12H12BN2/c1-3-7-11(8-4-1)14-13-15-12-9-5-2-6-10-12/h1-10,14-15H. The van der Waals surface area contributed by atoms with Crippen LogP contribution in [0.2, 0.25) is 0 Å². The third-order valence-corrected chi connectivity index (χ3v) is 2.03. The zero-order valence-electron chi connectivity index (χ0n) is 8.35. The highest BCUT2D eigenvalue weighted by molar-refractivity contribution is 6.44. The molecule has 0 aliphatic carbocycles. The highest BCUT2D eigenvalue weighted by atomic mass is 14.9. The van der Waals surface area contributed by atoms with E-state index >= 15 is 0 Å². The van der Waals surface area contributed by atoms with E-state index in [1.807, 2.05) is 68.2 Å². The number of anilines is 2. The summed E-state index contributed by atoms with van der Waals surface area (Å²) >= 11 is 0. The molecule has 0 spiro atoms. The van der Waals surface area contributed by atoms with E-state index in [0.29, 0.717) is 0 Å². The molecule has 0 fully saturated rings. The van der Waals surface area contributed by atoms with Crippen molar-refractivity contribution in [2.45, 2.75) is 0 Å². The van der Waals surface area contributed by atoms with Gasteiger partial charge in [-0.3, -0.25) is 0 Å². The summed E-state index contributed by atoms with van der Waals surface area (Å²) in [6.07, 6.45) is 0. The molecular weight excluding hydrogens is 183 g/mol. The van der Waals surface area contributed by atoms with E-state index < -0.39 is 0 Å². The lowest BCUT2D eigenvalue weighted by Crippen LogP contribution is -2.16. The normalized spacial score (nSPS) is 9.33. The zero-order chi connectivity index (χ0) is 10.3. The summed E-state index contributed by atoms with van der Waals surface area (Å²) in [5, 5.41) is 6.31. The predicted octanol–water partition coefficient (Wildman–Crippen LogP) is 2.74. The second kappa shape index (κ2) is 5.10. The van der Waals surface area contributed by atoms with E-state index in [1.165, 1.54) is 0 Å². The minimum atomic E-state index is 1.07. The van der Waals surface area contributed by atoms with E-state index in [0.717, 1.165) is 11.4 Å². The van der Waals surface area contributed by atoms with Gasteiger partial charge in [0.1, 0.15) is 0 Å². The summed E-state index contributed by atoms with van der Waals surface area (Å²) in [6.45, 7) is 0. The zero-order valence-corrected chi connectivity index (χ0v) is 8.35. The van der Waals surface area contributed by atoms with E-state index in [-0.39, 0.29) is 0 Å². The summed E-state index contributed by atoms with van der Waals surface area (Å²) in [4.78, 5) is 0. The molecule has 1 radical (unpaired) electrons. The third kappa shape index (κ3) is 3.06. The Labute approximate surface area is 90.6 Å². The van der Waals surface area contributed by atoms with Crippen molar-refractivity contribution in [3.05, 3.63) is 60.7 Å². The van der Waals surface area contributed by atoms with E-state index in [4.69, 9.17) is 0 Å². The van der Waals surface area contributed by atoms with Gasteiger partial charge in [0.05, 0.1) is 0 Å². The summed E-state index contributed by atoms with van der Waals surface area (Å²) in [5.41, 5.74) is 2.14. The van der Waals surface area contributed by atoms with Crippen molar-refractivity contribution in [3.63, 3.8) is 0 Å². The fourth-order valence-corrected chi connectivity index (χ4v) is 1.27. The van der Waals surface area contributed by atoms with Crippen molar-refractivity contribution in [1.29, 1.82) is 0 Å².